The summed E-state index contributed by atoms with van der Waals surface area (Å²) in [5.41, 5.74) is 4.22. The van der Waals surface area contributed by atoms with E-state index in [1.807, 2.05) is 24.3 Å². The van der Waals surface area contributed by atoms with Crippen LogP contribution in [0.5, 0.6) is 0 Å². The summed E-state index contributed by atoms with van der Waals surface area (Å²) in [6.45, 7) is 6.34. The van der Waals surface area contributed by atoms with E-state index in [-0.39, 0.29) is 16.0 Å². The Kier molecular flexibility index (Phi) is 5.43. The molecule has 0 aromatic heterocycles. The molecule has 0 unspecified atom stereocenters. The van der Waals surface area contributed by atoms with E-state index in [1.54, 1.807) is 0 Å². The van der Waals surface area contributed by atoms with Crippen LogP contribution in [0, 0.1) is 10.1 Å². The summed E-state index contributed by atoms with van der Waals surface area (Å²) in [4.78, 5) is 10.1. The Morgan fingerprint density at radius 1 is 1.15 bits per heavy atom. The Bertz CT molecular complexity index is 946. The zero-order chi connectivity index (χ0) is 19.5. The van der Waals surface area contributed by atoms with Crippen molar-refractivity contribution in [3.05, 3.63) is 63.7 Å². The number of hydrogen-bond donors (Lipinski definition) is 2. The van der Waals surface area contributed by atoms with E-state index in [1.165, 1.54) is 23.9 Å². The number of sulfonamides is 1. The molecular weight excluding hydrogens is 356 g/mol. The number of hydrazone groups is 1. The van der Waals surface area contributed by atoms with Gasteiger partial charge in [-0.05, 0) is 28.7 Å². The van der Waals surface area contributed by atoms with Gasteiger partial charge >= 0.3 is 0 Å². The largest absolute Gasteiger partial charge is 0.295 e. The average Bonchev–Trinajstić information content (AvgIpc) is 2.53. The summed E-state index contributed by atoms with van der Waals surface area (Å²) >= 11 is 0. The van der Waals surface area contributed by atoms with Crippen molar-refractivity contribution in [1.82, 2.24) is 0 Å². The van der Waals surface area contributed by atoms with E-state index in [0.717, 1.165) is 11.6 Å². The summed E-state index contributed by atoms with van der Waals surface area (Å²) in [7, 11) is -4.03. The van der Waals surface area contributed by atoms with Crippen LogP contribution in [0.15, 0.2) is 52.5 Å². The molecule has 0 amide bonds. The van der Waals surface area contributed by atoms with Crippen molar-refractivity contribution in [2.75, 3.05) is 5.43 Å². The molecule has 0 saturated heterocycles. The summed E-state index contributed by atoms with van der Waals surface area (Å²) in [6.07, 6.45) is 1.52. The lowest BCUT2D eigenvalue weighted by atomic mass is 9.87. The van der Waals surface area contributed by atoms with Gasteiger partial charge in [-0.2, -0.15) is 5.10 Å². The van der Waals surface area contributed by atoms with E-state index in [9.17, 15) is 18.5 Å². The zero-order valence-corrected chi connectivity index (χ0v) is 15.4. The molecule has 2 aromatic rings. The van der Waals surface area contributed by atoms with Gasteiger partial charge in [0.05, 0.1) is 16.0 Å². The summed E-state index contributed by atoms with van der Waals surface area (Å²) in [5.74, 6) is 0. The van der Waals surface area contributed by atoms with Crippen LogP contribution in [-0.4, -0.2) is 19.6 Å². The Morgan fingerprint density at radius 2 is 1.77 bits per heavy atom. The van der Waals surface area contributed by atoms with Gasteiger partial charge in [-0.3, -0.25) is 15.5 Å². The van der Waals surface area contributed by atoms with E-state index in [2.05, 4.69) is 31.3 Å². The molecule has 2 rings (SSSR count). The second kappa shape index (κ2) is 7.22. The number of anilines is 1. The van der Waals surface area contributed by atoms with Crippen LogP contribution >= 0.6 is 0 Å². The normalized spacial score (nSPS) is 12.3. The maximum absolute atomic E-state index is 11.3. The number of nitrogens with one attached hydrogen (secondary N) is 1. The summed E-state index contributed by atoms with van der Waals surface area (Å²) in [5, 5.41) is 20.1. The lowest BCUT2D eigenvalue weighted by Gasteiger charge is -2.18. The fraction of sp³-hybridized carbons (Fsp3) is 0.235. The van der Waals surface area contributed by atoms with Gasteiger partial charge in [0.1, 0.15) is 5.69 Å². The van der Waals surface area contributed by atoms with E-state index < -0.39 is 20.6 Å². The fourth-order valence-corrected chi connectivity index (χ4v) is 2.71. The van der Waals surface area contributed by atoms with Gasteiger partial charge in [-0.1, -0.05) is 45.0 Å². The predicted molar refractivity (Wildman–Crippen MR) is 101 cm³/mol. The molecule has 0 atom stereocenters. The molecule has 138 valence electrons. The Hall–Kier alpha value is -2.78. The van der Waals surface area contributed by atoms with Crippen LogP contribution in [0.3, 0.4) is 0 Å². The number of benzene rings is 2. The summed E-state index contributed by atoms with van der Waals surface area (Å²) < 4.78 is 22.6. The van der Waals surface area contributed by atoms with Crippen LogP contribution in [0.2, 0.25) is 0 Å². The van der Waals surface area contributed by atoms with Gasteiger partial charge in [0.2, 0.25) is 10.0 Å². The lowest BCUT2D eigenvalue weighted by molar-refractivity contribution is -0.384. The number of nitro benzene ring substituents is 1. The third kappa shape index (κ3) is 4.87. The highest BCUT2D eigenvalue weighted by Crippen LogP contribution is 2.27. The van der Waals surface area contributed by atoms with Gasteiger partial charge in [-0.25, -0.2) is 13.6 Å². The fourth-order valence-electron chi connectivity index (χ4n) is 2.18. The second-order valence-corrected chi connectivity index (χ2v) is 8.28. The zero-order valence-electron chi connectivity index (χ0n) is 14.6. The first-order chi connectivity index (χ1) is 12.0. The van der Waals surface area contributed by atoms with E-state index in [0.29, 0.717) is 0 Å². The van der Waals surface area contributed by atoms with Crippen molar-refractivity contribution in [3.8, 4) is 0 Å². The minimum absolute atomic E-state index is 0.0413. The molecule has 0 spiro atoms. The number of rotatable bonds is 5. The minimum atomic E-state index is -4.03. The van der Waals surface area contributed by atoms with E-state index >= 15 is 0 Å². The molecule has 0 aliphatic carbocycles. The maximum Gasteiger partial charge on any atom is 0.295 e. The van der Waals surface area contributed by atoms with Crippen molar-refractivity contribution in [2.45, 2.75) is 31.1 Å². The number of nitrogens with zero attached hydrogens (tertiary/aromatic N) is 2. The molecule has 26 heavy (non-hydrogen) atoms. The summed E-state index contributed by atoms with van der Waals surface area (Å²) in [6, 6.07) is 11.1. The standard InChI is InChI=1S/C17H20N4O4S/c1-17(2,3)13-6-4-12(5-7-13)11-19-20-15-9-8-14(26(18,24)25)10-16(15)21(22)23/h4-11,20H,1-3H3,(H2,18,24,25). The molecule has 0 saturated carbocycles. The maximum atomic E-state index is 11.3. The molecule has 2 aromatic carbocycles. The van der Waals surface area contributed by atoms with Crippen LogP contribution in [0.4, 0.5) is 11.4 Å². The van der Waals surface area contributed by atoms with Crippen molar-refractivity contribution < 1.29 is 13.3 Å². The first kappa shape index (κ1) is 19.5. The quantitative estimate of drug-likeness (QED) is 0.471. The first-order valence-electron chi connectivity index (χ1n) is 7.69. The van der Waals surface area contributed by atoms with Crippen molar-refractivity contribution in [2.24, 2.45) is 10.2 Å². The molecule has 9 heteroatoms. The molecular formula is C17H20N4O4S. The van der Waals surface area contributed by atoms with Gasteiger partial charge in [-0.15, -0.1) is 0 Å². The highest BCUT2D eigenvalue weighted by Gasteiger charge is 2.18. The number of nitro groups is 1. The highest BCUT2D eigenvalue weighted by molar-refractivity contribution is 7.89. The van der Waals surface area contributed by atoms with Gasteiger partial charge < -0.3 is 0 Å². The highest BCUT2D eigenvalue weighted by atomic mass is 32.2. The SMILES string of the molecule is CC(C)(C)c1ccc(C=NNc2ccc(S(N)(=O)=O)cc2[N+](=O)[O-])cc1. The Balaban J connectivity index is 2.21. The smallest absolute Gasteiger partial charge is 0.272 e. The molecule has 0 heterocycles. The number of primary sulfonamides is 1. The topological polar surface area (TPSA) is 128 Å². The van der Waals surface area contributed by atoms with Crippen LogP contribution in [-0.2, 0) is 15.4 Å². The number of hydrogen-bond acceptors (Lipinski definition) is 6. The molecule has 0 fully saturated rings. The van der Waals surface area contributed by atoms with Crippen molar-refractivity contribution >= 4 is 27.6 Å². The van der Waals surface area contributed by atoms with Crippen LogP contribution < -0.4 is 10.6 Å². The molecule has 0 aliphatic heterocycles. The average molecular weight is 376 g/mol. The monoisotopic (exact) mass is 376 g/mol. The van der Waals surface area contributed by atoms with Gasteiger partial charge in [0.25, 0.3) is 5.69 Å². The van der Waals surface area contributed by atoms with Crippen LogP contribution in [0.1, 0.15) is 31.9 Å². The van der Waals surface area contributed by atoms with Crippen molar-refractivity contribution in [1.29, 1.82) is 0 Å². The molecule has 0 aliphatic rings. The van der Waals surface area contributed by atoms with Gasteiger partial charge in [0, 0.05) is 6.07 Å². The molecule has 0 radical (unpaired) electrons. The third-order valence-corrected chi connectivity index (χ3v) is 4.58. The predicted octanol–water partition coefficient (Wildman–Crippen LogP) is 2.99. The molecule has 8 nitrogen and oxygen atoms in total. The van der Waals surface area contributed by atoms with Gasteiger partial charge in [0.15, 0.2) is 0 Å². The molecule has 3 N–H and O–H groups in total. The first-order valence-corrected chi connectivity index (χ1v) is 9.24. The van der Waals surface area contributed by atoms with Crippen LogP contribution in [0.25, 0.3) is 0 Å². The number of nitrogens with two attached hydrogens (primary N) is 1. The molecule has 0 bridgehead atoms. The second-order valence-electron chi connectivity index (χ2n) is 6.72. The van der Waals surface area contributed by atoms with Crippen molar-refractivity contribution in [3.63, 3.8) is 0 Å². The lowest BCUT2D eigenvalue weighted by Crippen LogP contribution is -2.12. The Labute approximate surface area is 151 Å². The van der Waals surface area contributed by atoms with E-state index in [4.69, 9.17) is 5.14 Å². The Morgan fingerprint density at radius 3 is 2.27 bits per heavy atom. The minimum Gasteiger partial charge on any atom is -0.272 e. The third-order valence-electron chi connectivity index (χ3n) is 3.67.